The second kappa shape index (κ2) is 8.94. The van der Waals surface area contributed by atoms with E-state index in [1.54, 1.807) is 49.4 Å². The number of thiazole rings is 1. The van der Waals surface area contributed by atoms with Crippen molar-refractivity contribution < 1.29 is 22.8 Å². The molecule has 0 saturated heterocycles. The first kappa shape index (κ1) is 23.8. The lowest BCUT2D eigenvalue weighted by Gasteiger charge is -2.17. The summed E-state index contributed by atoms with van der Waals surface area (Å²) in [6, 6.07) is 17.4. The molecule has 0 fully saturated rings. The predicted octanol–water partition coefficient (Wildman–Crippen LogP) is 3.99. The molecule has 0 unspecified atom stereocenters. The molecule has 1 N–H and O–H groups in total. The molecule has 0 saturated carbocycles. The summed E-state index contributed by atoms with van der Waals surface area (Å²) in [5, 5.41) is 2.97. The highest BCUT2D eigenvalue weighted by Gasteiger charge is 2.38. The van der Waals surface area contributed by atoms with Gasteiger partial charge in [0, 0.05) is 13.6 Å². The molecule has 0 bridgehead atoms. The summed E-state index contributed by atoms with van der Waals surface area (Å²) in [4.78, 5) is 44.6. The van der Waals surface area contributed by atoms with Crippen LogP contribution in [0.15, 0.2) is 71.6 Å². The van der Waals surface area contributed by atoms with Crippen LogP contribution < -0.4 is 10.2 Å². The number of hydrogen-bond donors (Lipinski definition) is 1. The molecule has 182 valence electrons. The van der Waals surface area contributed by atoms with Crippen molar-refractivity contribution in [3.63, 3.8) is 0 Å². The first-order valence-corrected chi connectivity index (χ1v) is 13.2. The number of para-hydroxylation sites is 1. The fourth-order valence-corrected chi connectivity index (χ4v) is 6.08. The van der Waals surface area contributed by atoms with Crippen molar-refractivity contribution in [3.05, 3.63) is 83.4 Å². The molecule has 4 aromatic rings. The SMILES string of the molecule is CCN(C)S(=O)(=O)c1ccc2nc(NC(=O)c3ccccc3N3C(=O)c4ccccc4C3=O)sc2c1. The number of carbonyl (C=O) groups excluding carboxylic acids is 3. The molecule has 0 spiro atoms. The van der Waals surface area contributed by atoms with E-state index in [1.807, 2.05) is 0 Å². The maximum Gasteiger partial charge on any atom is 0.266 e. The normalized spacial score (nSPS) is 13.5. The van der Waals surface area contributed by atoms with Crippen LogP contribution in [0.25, 0.3) is 10.2 Å². The molecule has 0 aliphatic carbocycles. The topological polar surface area (TPSA) is 117 Å². The Bertz CT molecular complexity index is 1630. The quantitative estimate of drug-likeness (QED) is 0.384. The number of amides is 3. The fourth-order valence-electron chi connectivity index (χ4n) is 3.90. The second-order valence-corrected chi connectivity index (χ2v) is 11.1. The van der Waals surface area contributed by atoms with Crippen molar-refractivity contribution in [2.75, 3.05) is 23.8 Å². The number of rotatable bonds is 6. The van der Waals surface area contributed by atoms with Gasteiger partial charge < -0.3 is 0 Å². The van der Waals surface area contributed by atoms with Crippen molar-refractivity contribution in [1.29, 1.82) is 0 Å². The summed E-state index contributed by atoms with van der Waals surface area (Å²) in [6.07, 6.45) is 0. The number of imide groups is 1. The lowest BCUT2D eigenvalue weighted by atomic mass is 10.1. The van der Waals surface area contributed by atoms with Gasteiger partial charge in [-0.1, -0.05) is 42.5 Å². The molecule has 2 heterocycles. The van der Waals surface area contributed by atoms with Gasteiger partial charge in [-0.3, -0.25) is 19.7 Å². The molecular formula is C25H20N4O5S2. The average Bonchev–Trinajstić information content (AvgIpc) is 3.40. The van der Waals surface area contributed by atoms with Gasteiger partial charge in [0.25, 0.3) is 17.7 Å². The van der Waals surface area contributed by atoms with Crippen LogP contribution in [0.2, 0.25) is 0 Å². The first-order chi connectivity index (χ1) is 17.2. The van der Waals surface area contributed by atoms with Crippen molar-refractivity contribution >= 4 is 60.1 Å². The zero-order chi connectivity index (χ0) is 25.6. The van der Waals surface area contributed by atoms with Crippen LogP contribution in [0.4, 0.5) is 10.8 Å². The lowest BCUT2D eigenvalue weighted by Crippen LogP contribution is -2.31. The van der Waals surface area contributed by atoms with Crippen LogP contribution in [0, 0.1) is 0 Å². The molecule has 1 aliphatic heterocycles. The second-order valence-electron chi connectivity index (χ2n) is 8.03. The Morgan fingerprint density at radius 1 is 1.00 bits per heavy atom. The zero-order valence-corrected chi connectivity index (χ0v) is 20.9. The molecule has 3 amide bonds. The van der Waals surface area contributed by atoms with Crippen molar-refractivity contribution in [2.24, 2.45) is 0 Å². The minimum atomic E-state index is -3.63. The van der Waals surface area contributed by atoms with Crippen LogP contribution in [0.1, 0.15) is 38.0 Å². The summed E-state index contributed by atoms with van der Waals surface area (Å²) in [7, 11) is -2.13. The van der Waals surface area contributed by atoms with Gasteiger partial charge in [-0.25, -0.2) is 22.6 Å². The van der Waals surface area contributed by atoms with Gasteiger partial charge in [-0.2, -0.15) is 0 Å². The van der Waals surface area contributed by atoms with Crippen LogP contribution >= 0.6 is 11.3 Å². The highest BCUT2D eigenvalue weighted by Crippen LogP contribution is 2.33. The van der Waals surface area contributed by atoms with Crippen LogP contribution in [0.3, 0.4) is 0 Å². The summed E-state index contributed by atoms with van der Waals surface area (Å²) < 4.78 is 27.1. The van der Waals surface area contributed by atoms with E-state index in [0.717, 1.165) is 16.2 Å². The molecule has 1 aliphatic rings. The highest BCUT2D eigenvalue weighted by molar-refractivity contribution is 7.89. The minimum Gasteiger partial charge on any atom is -0.298 e. The summed E-state index contributed by atoms with van der Waals surface area (Å²) in [5.41, 5.74) is 1.38. The Morgan fingerprint density at radius 3 is 2.31 bits per heavy atom. The van der Waals surface area contributed by atoms with Crippen molar-refractivity contribution in [3.8, 4) is 0 Å². The smallest absolute Gasteiger partial charge is 0.266 e. The summed E-state index contributed by atoms with van der Waals surface area (Å²) in [5.74, 6) is -1.55. The number of fused-ring (bicyclic) bond motifs is 2. The lowest BCUT2D eigenvalue weighted by molar-refractivity contribution is 0.0926. The van der Waals surface area contributed by atoms with E-state index in [1.165, 1.54) is 35.6 Å². The third kappa shape index (κ3) is 3.87. The van der Waals surface area contributed by atoms with Gasteiger partial charge in [0.05, 0.1) is 37.5 Å². The van der Waals surface area contributed by atoms with Gasteiger partial charge in [-0.05, 0) is 42.5 Å². The number of nitrogens with zero attached hydrogens (tertiary/aromatic N) is 3. The number of hydrogen-bond acceptors (Lipinski definition) is 7. The number of aromatic nitrogens is 1. The Morgan fingerprint density at radius 2 is 1.64 bits per heavy atom. The first-order valence-electron chi connectivity index (χ1n) is 11.0. The minimum absolute atomic E-state index is 0.124. The molecule has 11 heteroatoms. The molecule has 0 atom stereocenters. The monoisotopic (exact) mass is 520 g/mol. The van der Waals surface area contributed by atoms with Crippen LogP contribution in [-0.4, -0.2) is 49.0 Å². The Hall–Kier alpha value is -3.93. The molecule has 1 aromatic heterocycles. The maximum atomic E-state index is 13.2. The van der Waals surface area contributed by atoms with E-state index < -0.39 is 27.7 Å². The molecule has 0 radical (unpaired) electrons. The van der Waals surface area contributed by atoms with Crippen LogP contribution in [0.5, 0.6) is 0 Å². The van der Waals surface area contributed by atoms with Gasteiger partial charge in [-0.15, -0.1) is 0 Å². The number of sulfonamides is 1. The van der Waals surface area contributed by atoms with E-state index >= 15 is 0 Å². The van der Waals surface area contributed by atoms with E-state index in [2.05, 4.69) is 10.3 Å². The third-order valence-electron chi connectivity index (χ3n) is 5.92. The number of nitrogens with one attached hydrogen (secondary N) is 1. The van der Waals surface area contributed by atoms with E-state index in [9.17, 15) is 22.8 Å². The Labute approximate surface area is 211 Å². The molecule has 3 aromatic carbocycles. The Kier molecular flexibility index (Phi) is 5.91. The Balaban J connectivity index is 1.45. The molecule has 36 heavy (non-hydrogen) atoms. The summed E-state index contributed by atoms with van der Waals surface area (Å²) in [6.45, 7) is 2.08. The van der Waals surface area contributed by atoms with Gasteiger partial charge in [0.15, 0.2) is 5.13 Å². The maximum absolute atomic E-state index is 13.2. The zero-order valence-electron chi connectivity index (χ0n) is 19.3. The fraction of sp³-hybridized carbons (Fsp3) is 0.120. The van der Waals surface area contributed by atoms with Gasteiger partial charge >= 0.3 is 0 Å². The standard InChI is InChI=1S/C25H20N4O5S2/c1-3-28(2)36(33,34)15-12-13-19-21(14-15)35-25(26-19)27-22(30)18-10-6-7-11-20(18)29-23(31)16-8-4-5-9-17(16)24(29)32/h4-14H,3H2,1-2H3,(H,26,27,30). The summed E-state index contributed by atoms with van der Waals surface area (Å²) >= 11 is 1.13. The highest BCUT2D eigenvalue weighted by atomic mass is 32.2. The molecule has 9 nitrogen and oxygen atoms in total. The van der Waals surface area contributed by atoms with Crippen molar-refractivity contribution in [1.82, 2.24) is 9.29 Å². The van der Waals surface area contributed by atoms with E-state index in [-0.39, 0.29) is 32.4 Å². The third-order valence-corrected chi connectivity index (χ3v) is 8.78. The number of anilines is 2. The van der Waals surface area contributed by atoms with Gasteiger partial charge in [0.2, 0.25) is 10.0 Å². The van der Waals surface area contributed by atoms with E-state index in [4.69, 9.17) is 0 Å². The van der Waals surface area contributed by atoms with Crippen molar-refractivity contribution in [2.45, 2.75) is 11.8 Å². The average molecular weight is 521 g/mol. The predicted molar refractivity (Wildman–Crippen MR) is 137 cm³/mol. The van der Waals surface area contributed by atoms with E-state index in [0.29, 0.717) is 16.8 Å². The molecular weight excluding hydrogens is 500 g/mol. The van der Waals surface area contributed by atoms with Gasteiger partial charge in [0.1, 0.15) is 0 Å². The largest absolute Gasteiger partial charge is 0.298 e. The number of benzene rings is 3. The van der Waals surface area contributed by atoms with Crippen LogP contribution in [-0.2, 0) is 10.0 Å². The number of carbonyl (C=O) groups is 3. The molecule has 5 rings (SSSR count).